The van der Waals surface area contributed by atoms with Gasteiger partial charge in [-0.15, -0.1) is 0 Å². The van der Waals surface area contributed by atoms with Crippen LogP contribution in [-0.4, -0.2) is 36.1 Å². The molecular weight excluding hydrogens is 268 g/mol. The van der Waals surface area contributed by atoms with Gasteiger partial charge in [0, 0.05) is 18.3 Å². The molecule has 1 amide bonds. The smallest absolute Gasteiger partial charge is 0.335 e. The summed E-state index contributed by atoms with van der Waals surface area (Å²) >= 11 is 0. The number of anilines is 1. The topological polar surface area (TPSA) is 69.6 Å². The summed E-state index contributed by atoms with van der Waals surface area (Å²) in [5.74, 6) is -0.927. The van der Waals surface area contributed by atoms with Gasteiger partial charge in [-0.05, 0) is 37.0 Å². The predicted octanol–water partition coefficient (Wildman–Crippen LogP) is 1.81. The molecular formula is C16H20N2O3. The van der Waals surface area contributed by atoms with Crippen molar-refractivity contribution >= 4 is 17.6 Å². The molecule has 0 radical (unpaired) electrons. The van der Waals surface area contributed by atoms with Gasteiger partial charge >= 0.3 is 5.97 Å². The zero-order valence-corrected chi connectivity index (χ0v) is 12.0. The lowest BCUT2D eigenvalue weighted by molar-refractivity contribution is -0.117. The van der Waals surface area contributed by atoms with Gasteiger partial charge in [-0.2, -0.15) is 0 Å². The van der Waals surface area contributed by atoms with Crippen LogP contribution in [0.4, 0.5) is 5.69 Å². The summed E-state index contributed by atoms with van der Waals surface area (Å²) in [7, 11) is 0. The molecule has 1 aliphatic heterocycles. The third-order valence-corrected chi connectivity index (χ3v) is 4.43. The molecule has 0 atom stereocenters. The fourth-order valence-corrected chi connectivity index (χ4v) is 3.23. The third-order valence-electron chi connectivity index (χ3n) is 4.43. The van der Waals surface area contributed by atoms with Crippen LogP contribution in [0.15, 0.2) is 18.2 Å². The van der Waals surface area contributed by atoms with Crippen molar-refractivity contribution in [1.29, 1.82) is 0 Å². The minimum absolute atomic E-state index is 0.0307. The molecule has 0 spiro atoms. The summed E-state index contributed by atoms with van der Waals surface area (Å²) in [5.41, 5.74) is 2.04. The Hall–Kier alpha value is -1.88. The second-order valence-electron chi connectivity index (χ2n) is 5.81. The van der Waals surface area contributed by atoms with E-state index in [0.29, 0.717) is 19.1 Å². The predicted molar refractivity (Wildman–Crippen MR) is 79.7 cm³/mol. The highest BCUT2D eigenvalue weighted by molar-refractivity contribution is 5.98. The summed E-state index contributed by atoms with van der Waals surface area (Å²) in [5, 5.41) is 12.4. The van der Waals surface area contributed by atoms with Crippen LogP contribution in [0, 0.1) is 0 Å². The van der Waals surface area contributed by atoms with Crippen molar-refractivity contribution in [2.24, 2.45) is 0 Å². The van der Waals surface area contributed by atoms with E-state index in [-0.39, 0.29) is 11.5 Å². The van der Waals surface area contributed by atoms with Crippen molar-refractivity contribution in [3.8, 4) is 0 Å². The highest BCUT2D eigenvalue weighted by Gasteiger charge is 2.26. The quantitative estimate of drug-likeness (QED) is 0.886. The lowest BCUT2D eigenvalue weighted by Gasteiger charge is -2.19. The fourth-order valence-electron chi connectivity index (χ4n) is 3.23. The molecule has 0 bridgehead atoms. The Kier molecular flexibility index (Phi) is 3.92. The molecule has 5 nitrogen and oxygen atoms in total. The number of fused-ring (bicyclic) bond motifs is 1. The maximum Gasteiger partial charge on any atom is 0.335 e. The number of nitrogens with one attached hydrogen (secondary N) is 1. The number of carboxylic acid groups (broad SMARTS) is 1. The number of hydrogen-bond acceptors (Lipinski definition) is 3. The molecule has 3 rings (SSSR count). The molecule has 2 N–H and O–H groups in total. The van der Waals surface area contributed by atoms with Crippen LogP contribution >= 0.6 is 0 Å². The van der Waals surface area contributed by atoms with Gasteiger partial charge in [-0.3, -0.25) is 4.79 Å². The van der Waals surface area contributed by atoms with E-state index in [4.69, 9.17) is 5.11 Å². The van der Waals surface area contributed by atoms with Gasteiger partial charge in [0.1, 0.15) is 0 Å². The molecule has 1 aliphatic carbocycles. The van der Waals surface area contributed by atoms with E-state index < -0.39 is 5.97 Å². The second kappa shape index (κ2) is 5.85. The monoisotopic (exact) mass is 288 g/mol. The number of aromatic carboxylic acids is 1. The molecule has 0 saturated heterocycles. The molecule has 2 aliphatic rings. The molecule has 21 heavy (non-hydrogen) atoms. The number of carbonyl (C=O) groups excluding carboxylic acids is 1. The first kappa shape index (κ1) is 14.1. The first-order valence-electron chi connectivity index (χ1n) is 7.55. The number of benzene rings is 1. The molecule has 1 saturated carbocycles. The maximum atomic E-state index is 12.4. The van der Waals surface area contributed by atoms with Crippen molar-refractivity contribution in [1.82, 2.24) is 5.32 Å². The first-order valence-corrected chi connectivity index (χ1v) is 7.55. The summed E-state index contributed by atoms with van der Waals surface area (Å²) in [4.78, 5) is 25.1. The van der Waals surface area contributed by atoms with E-state index in [0.717, 1.165) is 30.5 Å². The molecule has 1 heterocycles. The Morgan fingerprint density at radius 2 is 2.05 bits per heavy atom. The van der Waals surface area contributed by atoms with Gasteiger partial charge in [0.2, 0.25) is 5.91 Å². The van der Waals surface area contributed by atoms with E-state index in [1.807, 2.05) is 6.07 Å². The van der Waals surface area contributed by atoms with Crippen LogP contribution in [0.2, 0.25) is 0 Å². The maximum absolute atomic E-state index is 12.4. The summed E-state index contributed by atoms with van der Waals surface area (Å²) in [6.45, 7) is 0.977. The normalized spacial score (nSPS) is 18.0. The van der Waals surface area contributed by atoms with E-state index in [2.05, 4.69) is 5.32 Å². The molecule has 1 fully saturated rings. The Morgan fingerprint density at radius 1 is 1.29 bits per heavy atom. The van der Waals surface area contributed by atoms with Crippen LogP contribution < -0.4 is 10.2 Å². The molecule has 1 aromatic carbocycles. The molecule has 5 heteroatoms. The van der Waals surface area contributed by atoms with Crippen LogP contribution in [-0.2, 0) is 11.2 Å². The minimum atomic E-state index is -0.957. The van der Waals surface area contributed by atoms with Gasteiger partial charge in [0.25, 0.3) is 0 Å². The largest absolute Gasteiger partial charge is 0.478 e. The highest BCUT2D eigenvalue weighted by Crippen LogP contribution is 2.29. The SMILES string of the molecule is O=C(O)c1ccc2c(c1)N(C(=O)CNC1CCCC1)CC2. The number of amides is 1. The highest BCUT2D eigenvalue weighted by atomic mass is 16.4. The Bertz CT molecular complexity index is 565. The van der Waals surface area contributed by atoms with Crippen molar-refractivity contribution in [3.63, 3.8) is 0 Å². The van der Waals surface area contributed by atoms with E-state index in [1.54, 1.807) is 17.0 Å². The molecule has 112 valence electrons. The lowest BCUT2D eigenvalue weighted by Crippen LogP contribution is -2.40. The van der Waals surface area contributed by atoms with Crippen molar-refractivity contribution < 1.29 is 14.7 Å². The Labute approximate surface area is 123 Å². The summed E-state index contributed by atoms with van der Waals surface area (Å²) in [6, 6.07) is 5.49. The third kappa shape index (κ3) is 2.93. The number of carbonyl (C=O) groups is 2. The number of hydrogen-bond donors (Lipinski definition) is 2. The molecule has 1 aromatic rings. The van der Waals surface area contributed by atoms with Crippen molar-refractivity contribution in [3.05, 3.63) is 29.3 Å². The minimum Gasteiger partial charge on any atom is -0.478 e. The average molecular weight is 288 g/mol. The van der Waals surface area contributed by atoms with Crippen LogP contribution in [0.5, 0.6) is 0 Å². The van der Waals surface area contributed by atoms with Gasteiger partial charge in [-0.25, -0.2) is 4.79 Å². The van der Waals surface area contributed by atoms with Gasteiger partial charge < -0.3 is 15.3 Å². The molecule has 0 aromatic heterocycles. The first-order chi connectivity index (χ1) is 10.1. The van der Waals surface area contributed by atoms with Crippen LogP contribution in [0.1, 0.15) is 41.6 Å². The van der Waals surface area contributed by atoms with Gasteiger partial charge in [0.15, 0.2) is 0 Å². The summed E-state index contributed by atoms with van der Waals surface area (Å²) in [6.07, 6.45) is 5.56. The molecule has 0 unspecified atom stereocenters. The number of carboxylic acids is 1. The zero-order chi connectivity index (χ0) is 14.8. The Balaban J connectivity index is 1.68. The lowest BCUT2D eigenvalue weighted by atomic mass is 10.1. The van der Waals surface area contributed by atoms with Crippen LogP contribution in [0.25, 0.3) is 0 Å². The Morgan fingerprint density at radius 3 is 2.76 bits per heavy atom. The van der Waals surface area contributed by atoms with Gasteiger partial charge in [0.05, 0.1) is 12.1 Å². The van der Waals surface area contributed by atoms with Crippen LogP contribution in [0.3, 0.4) is 0 Å². The van der Waals surface area contributed by atoms with E-state index in [1.165, 1.54) is 12.8 Å². The van der Waals surface area contributed by atoms with Crippen molar-refractivity contribution in [2.75, 3.05) is 18.0 Å². The van der Waals surface area contributed by atoms with E-state index in [9.17, 15) is 9.59 Å². The summed E-state index contributed by atoms with van der Waals surface area (Å²) < 4.78 is 0. The standard InChI is InChI=1S/C16H20N2O3/c19-15(10-17-13-3-1-2-4-13)18-8-7-11-5-6-12(16(20)21)9-14(11)18/h5-6,9,13,17H,1-4,7-8,10H2,(H,20,21). The van der Waals surface area contributed by atoms with Gasteiger partial charge in [-0.1, -0.05) is 18.9 Å². The number of rotatable bonds is 4. The zero-order valence-electron chi connectivity index (χ0n) is 12.0. The van der Waals surface area contributed by atoms with Crippen molar-refractivity contribution in [2.45, 2.75) is 38.1 Å². The number of nitrogens with zero attached hydrogens (tertiary/aromatic N) is 1. The average Bonchev–Trinajstić information content (AvgIpc) is 3.13. The van der Waals surface area contributed by atoms with E-state index >= 15 is 0 Å². The fraction of sp³-hybridized carbons (Fsp3) is 0.500. The second-order valence-corrected chi connectivity index (χ2v) is 5.81.